The zero-order valence-electron chi connectivity index (χ0n) is 19.3. The van der Waals surface area contributed by atoms with Gasteiger partial charge in [0.15, 0.2) is 5.65 Å². The van der Waals surface area contributed by atoms with E-state index in [9.17, 15) is 14.0 Å². The van der Waals surface area contributed by atoms with Gasteiger partial charge in [0.05, 0.1) is 32.1 Å². The van der Waals surface area contributed by atoms with Crippen LogP contribution in [0.2, 0.25) is 0 Å². The fraction of sp³-hybridized carbons (Fsp3) is 0.160. The van der Waals surface area contributed by atoms with E-state index in [1.54, 1.807) is 36.1 Å². The van der Waals surface area contributed by atoms with Crippen LogP contribution in [0.25, 0.3) is 22.3 Å². The van der Waals surface area contributed by atoms with E-state index in [0.717, 1.165) is 5.56 Å². The molecular formula is C25H22FN7O3. The number of nitrogens with zero attached hydrogens (tertiary/aromatic N) is 5. The van der Waals surface area contributed by atoms with Crippen LogP contribution in [0, 0.1) is 5.82 Å². The smallest absolute Gasteiger partial charge is 0.269 e. The Hall–Kier alpha value is -4.80. The van der Waals surface area contributed by atoms with E-state index in [-0.39, 0.29) is 30.4 Å². The highest BCUT2D eigenvalue weighted by molar-refractivity contribution is 5.93. The number of hydrogen-bond donors (Lipinski definition) is 2. The predicted molar refractivity (Wildman–Crippen MR) is 130 cm³/mol. The molecule has 3 aromatic heterocycles. The Labute approximate surface area is 204 Å². The van der Waals surface area contributed by atoms with Gasteiger partial charge in [-0.15, -0.1) is 0 Å². The number of amides is 1. The van der Waals surface area contributed by atoms with Crippen LogP contribution < -0.4 is 15.6 Å². The SMILES string of the molecule is COc1cccc(-c2cc(C(=O)NCCn3ncc4c(=O)n(Cc5ccccc5F)cnc43)[nH]n2)c1. The normalized spacial score (nSPS) is 11.1. The van der Waals surface area contributed by atoms with Crippen molar-refractivity contribution < 1.29 is 13.9 Å². The summed E-state index contributed by atoms with van der Waals surface area (Å²) in [5, 5.41) is 14.3. The number of halogens is 1. The molecule has 5 aromatic rings. The van der Waals surface area contributed by atoms with Gasteiger partial charge in [-0.05, 0) is 24.3 Å². The molecule has 5 rings (SSSR count). The van der Waals surface area contributed by atoms with Crippen molar-refractivity contribution in [3.05, 3.63) is 94.5 Å². The third-order valence-electron chi connectivity index (χ3n) is 5.72. The minimum Gasteiger partial charge on any atom is -0.497 e. The van der Waals surface area contributed by atoms with E-state index in [1.165, 1.54) is 23.2 Å². The largest absolute Gasteiger partial charge is 0.497 e. The first kappa shape index (κ1) is 23.0. The number of hydrogen-bond acceptors (Lipinski definition) is 6. The van der Waals surface area contributed by atoms with Crippen LogP contribution in [0.4, 0.5) is 4.39 Å². The van der Waals surface area contributed by atoms with E-state index < -0.39 is 0 Å². The van der Waals surface area contributed by atoms with E-state index in [0.29, 0.717) is 40.3 Å². The van der Waals surface area contributed by atoms with E-state index in [4.69, 9.17) is 4.74 Å². The molecule has 0 saturated heterocycles. The number of benzene rings is 2. The summed E-state index contributed by atoms with van der Waals surface area (Å²) in [5.41, 5.74) is 2.21. The number of rotatable bonds is 8. The van der Waals surface area contributed by atoms with Gasteiger partial charge >= 0.3 is 0 Å². The highest BCUT2D eigenvalue weighted by Crippen LogP contribution is 2.22. The van der Waals surface area contributed by atoms with Crippen LogP contribution in [-0.4, -0.2) is 49.1 Å². The Morgan fingerprint density at radius 1 is 1.17 bits per heavy atom. The maximum Gasteiger partial charge on any atom is 0.269 e. The molecule has 0 unspecified atom stereocenters. The number of ether oxygens (including phenoxy) is 1. The van der Waals surface area contributed by atoms with Crippen molar-refractivity contribution in [1.82, 2.24) is 34.8 Å². The number of carbonyl (C=O) groups is 1. The maximum absolute atomic E-state index is 14.0. The summed E-state index contributed by atoms with van der Waals surface area (Å²) >= 11 is 0. The number of methoxy groups -OCH3 is 1. The summed E-state index contributed by atoms with van der Waals surface area (Å²) in [5.74, 6) is -0.0160. The second kappa shape index (κ2) is 9.82. The van der Waals surface area contributed by atoms with E-state index >= 15 is 0 Å². The number of H-pyrrole nitrogens is 1. The minimum absolute atomic E-state index is 0.0671. The van der Waals surface area contributed by atoms with Crippen molar-refractivity contribution in [3.8, 4) is 17.0 Å². The van der Waals surface area contributed by atoms with Crippen LogP contribution >= 0.6 is 0 Å². The molecule has 1 amide bonds. The Morgan fingerprint density at radius 2 is 2.03 bits per heavy atom. The van der Waals surface area contributed by atoms with Crippen molar-refractivity contribution >= 4 is 16.9 Å². The van der Waals surface area contributed by atoms with Gasteiger partial charge in [0.25, 0.3) is 11.5 Å². The lowest BCUT2D eigenvalue weighted by molar-refractivity contribution is 0.0947. The summed E-state index contributed by atoms with van der Waals surface area (Å²) in [7, 11) is 1.59. The summed E-state index contributed by atoms with van der Waals surface area (Å²) in [4.78, 5) is 29.7. The summed E-state index contributed by atoms with van der Waals surface area (Å²) in [6, 6.07) is 15.3. The van der Waals surface area contributed by atoms with Gasteiger partial charge in [0.1, 0.15) is 29.0 Å². The number of carbonyl (C=O) groups excluding carboxylic acids is 1. The number of nitrogens with one attached hydrogen (secondary N) is 2. The second-order valence-corrected chi connectivity index (χ2v) is 8.03. The standard InChI is InChI=1S/C25H22FN7O3/c1-36-18-7-4-6-16(11-18)21-12-22(31-30-21)24(34)27-9-10-33-23-19(13-29-33)25(35)32(15-28-23)14-17-5-2-3-8-20(17)26/h2-8,11-13,15H,9-10,14H2,1H3,(H,27,34)(H,30,31). The van der Waals surface area contributed by atoms with Crippen LogP contribution in [0.15, 0.2) is 71.9 Å². The fourth-order valence-corrected chi connectivity index (χ4v) is 3.82. The molecule has 0 radical (unpaired) electrons. The molecule has 10 nitrogen and oxygen atoms in total. The maximum atomic E-state index is 14.0. The molecule has 0 spiro atoms. The lowest BCUT2D eigenvalue weighted by Crippen LogP contribution is -2.28. The zero-order valence-corrected chi connectivity index (χ0v) is 19.3. The van der Waals surface area contributed by atoms with Crippen LogP contribution in [0.3, 0.4) is 0 Å². The molecule has 2 aromatic carbocycles. The average molecular weight is 487 g/mol. The first-order valence-corrected chi connectivity index (χ1v) is 11.2. The Morgan fingerprint density at radius 3 is 2.86 bits per heavy atom. The van der Waals surface area contributed by atoms with Crippen molar-refractivity contribution in [3.63, 3.8) is 0 Å². The van der Waals surface area contributed by atoms with Crippen molar-refractivity contribution in [2.75, 3.05) is 13.7 Å². The first-order valence-electron chi connectivity index (χ1n) is 11.2. The Bertz CT molecular complexity index is 1600. The van der Waals surface area contributed by atoms with Crippen molar-refractivity contribution in [2.45, 2.75) is 13.1 Å². The Kier molecular flexibility index (Phi) is 6.27. The first-order chi connectivity index (χ1) is 17.5. The molecule has 0 bridgehead atoms. The molecule has 11 heteroatoms. The third-order valence-corrected chi connectivity index (χ3v) is 5.72. The molecule has 0 saturated carbocycles. The molecular weight excluding hydrogens is 465 g/mol. The molecule has 0 aliphatic rings. The number of aromatic nitrogens is 6. The average Bonchev–Trinajstić information content (AvgIpc) is 3.55. The van der Waals surface area contributed by atoms with E-state index in [2.05, 4.69) is 25.6 Å². The van der Waals surface area contributed by atoms with Gasteiger partial charge in [-0.1, -0.05) is 30.3 Å². The van der Waals surface area contributed by atoms with Crippen LogP contribution in [-0.2, 0) is 13.1 Å². The molecule has 0 fully saturated rings. The van der Waals surface area contributed by atoms with Gasteiger partial charge in [-0.2, -0.15) is 10.2 Å². The van der Waals surface area contributed by atoms with Crippen molar-refractivity contribution in [2.24, 2.45) is 0 Å². The minimum atomic E-state index is -0.385. The Balaban J connectivity index is 1.24. The van der Waals surface area contributed by atoms with Crippen LogP contribution in [0.1, 0.15) is 16.1 Å². The van der Waals surface area contributed by atoms with Crippen LogP contribution in [0.5, 0.6) is 5.75 Å². The third kappa shape index (κ3) is 4.58. The molecule has 0 aliphatic carbocycles. The quantitative estimate of drug-likeness (QED) is 0.347. The number of aromatic amines is 1. The van der Waals surface area contributed by atoms with Gasteiger partial charge in [-0.3, -0.25) is 19.3 Å². The number of fused-ring (bicyclic) bond motifs is 1. The van der Waals surface area contributed by atoms with Crippen molar-refractivity contribution in [1.29, 1.82) is 0 Å². The second-order valence-electron chi connectivity index (χ2n) is 8.03. The molecule has 3 heterocycles. The van der Waals surface area contributed by atoms with E-state index in [1.807, 2.05) is 24.3 Å². The lowest BCUT2D eigenvalue weighted by atomic mass is 10.1. The molecule has 182 valence electrons. The predicted octanol–water partition coefficient (Wildman–Crippen LogP) is 2.61. The van der Waals surface area contributed by atoms with Gasteiger partial charge in [0, 0.05) is 17.7 Å². The monoisotopic (exact) mass is 487 g/mol. The summed E-state index contributed by atoms with van der Waals surface area (Å²) in [6.07, 6.45) is 2.80. The lowest BCUT2D eigenvalue weighted by Gasteiger charge is -2.07. The summed E-state index contributed by atoms with van der Waals surface area (Å²) < 4.78 is 22.1. The van der Waals surface area contributed by atoms with Gasteiger partial charge in [0.2, 0.25) is 0 Å². The van der Waals surface area contributed by atoms with Gasteiger partial charge in [-0.25, -0.2) is 14.1 Å². The highest BCUT2D eigenvalue weighted by atomic mass is 19.1. The molecule has 36 heavy (non-hydrogen) atoms. The molecule has 2 N–H and O–H groups in total. The molecule has 0 atom stereocenters. The topological polar surface area (TPSA) is 120 Å². The fourth-order valence-electron chi connectivity index (χ4n) is 3.82. The zero-order chi connectivity index (χ0) is 25.1. The highest BCUT2D eigenvalue weighted by Gasteiger charge is 2.14. The molecule has 0 aliphatic heterocycles. The summed E-state index contributed by atoms with van der Waals surface area (Å²) in [6.45, 7) is 0.622. The van der Waals surface area contributed by atoms with Gasteiger partial charge < -0.3 is 10.1 Å².